The maximum Gasteiger partial charge on any atom is 0.156 e. The SMILES string of the molecule is O=Cc1c(Cl)ncnc1NCC1(O)CCCC1. The molecule has 0 bridgehead atoms. The van der Waals surface area contributed by atoms with Crippen molar-refractivity contribution in [2.45, 2.75) is 31.3 Å². The van der Waals surface area contributed by atoms with Crippen molar-refractivity contribution in [3.8, 4) is 0 Å². The van der Waals surface area contributed by atoms with Gasteiger partial charge in [-0.05, 0) is 12.8 Å². The van der Waals surface area contributed by atoms with E-state index in [9.17, 15) is 9.90 Å². The highest BCUT2D eigenvalue weighted by Gasteiger charge is 2.31. The summed E-state index contributed by atoms with van der Waals surface area (Å²) in [6.07, 6.45) is 5.51. The number of hydrogen-bond donors (Lipinski definition) is 2. The molecular weight excluding hydrogens is 242 g/mol. The highest BCUT2D eigenvalue weighted by Crippen LogP contribution is 2.29. The molecule has 0 radical (unpaired) electrons. The second kappa shape index (κ2) is 4.98. The minimum atomic E-state index is -0.697. The van der Waals surface area contributed by atoms with Crippen molar-refractivity contribution in [3.05, 3.63) is 17.0 Å². The predicted molar refractivity (Wildman–Crippen MR) is 64.3 cm³/mol. The van der Waals surface area contributed by atoms with E-state index in [4.69, 9.17) is 11.6 Å². The van der Waals surface area contributed by atoms with Gasteiger partial charge >= 0.3 is 0 Å². The Morgan fingerprint density at radius 3 is 2.82 bits per heavy atom. The second-order valence-electron chi connectivity index (χ2n) is 4.33. The molecule has 6 heteroatoms. The smallest absolute Gasteiger partial charge is 0.156 e. The maximum atomic E-state index is 10.9. The topological polar surface area (TPSA) is 75.1 Å². The summed E-state index contributed by atoms with van der Waals surface area (Å²) in [4.78, 5) is 18.5. The van der Waals surface area contributed by atoms with Gasteiger partial charge in [-0.3, -0.25) is 4.79 Å². The lowest BCUT2D eigenvalue weighted by molar-refractivity contribution is 0.0613. The lowest BCUT2D eigenvalue weighted by atomic mass is 10.0. The fourth-order valence-corrected chi connectivity index (χ4v) is 2.26. The minimum Gasteiger partial charge on any atom is -0.388 e. The van der Waals surface area contributed by atoms with Crippen LogP contribution in [0.2, 0.25) is 5.15 Å². The molecule has 2 rings (SSSR count). The molecule has 0 aromatic carbocycles. The van der Waals surface area contributed by atoms with Gasteiger partial charge in [0.25, 0.3) is 0 Å². The molecule has 5 nitrogen and oxygen atoms in total. The number of hydrogen-bond acceptors (Lipinski definition) is 5. The van der Waals surface area contributed by atoms with E-state index in [1.165, 1.54) is 6.33 Å². The van der Waals surface area contributed by atoms with Gasteiger partial charge in [-0.2, -0.15) is 0 Å². The highest BCUT2D eigenvalue weighted by atomic mass is 35.5. The van der Waals surface area contributed by atoms with Crippen LogP contribution in [0.3, 0.4) is 0 Å². The molecule has 1 heterocycles. The average molecular weight is 256 g/mol. The zero-order chi connectivity index (χ0) is 12.3. The summed E-state index contributed by atoms with van der Waals surface area (Å²) < 4.78 is 0. The average Bonchev–Trinajstić information content (AvgIpc) is 2.74. The first-order chi connectivity index (χ1) is 8.14. The Bertz CT molecular complexity index is 419. The van der Waals surface area contributed by atoms with E-state index in [1.54, 1.807) is 0 Å². The number of anilines is 1. The monoisotopic (exact) mass is 255 g/mol. The molecule has 92 valence electrons. The Kier molecular flexibility index (Phi) is 3.59. The van der Waals surface area contributed by atoms with Crippen LogP contribution in [-0.4, -0.2) is 33.5 Å². The van der Waals surface area contributed by atoms with Crippen molar-refractivity contribution in [2.75, 3.05) is 11.9 Å². The number of carbonyl (C=O) groups excluding carboxylic acids is 1. The van der Waals surface area contributed by atoms with E-state index < -0.39 is 5.60 Å². The van der Waals surface area contributed by atoms with E-state index >= 15 is 0 Å². The molecule has 0 saturated heterocycles. The third kappa shape index (κ3) is 2.73. The van der Waals surface area contributed by atoms with Crippen molar-refractivity contribution in [2.24, 2.45) is 0 Å². The van der Waals surface area contributed by atoms with Crippen LogP contribution in [0.5, 0.6) is 0 Å². The van der Waals surface area contributed by atoms with E-state index in [-0.39, 0.29) is 10.7 Å². The number of carbonyl (C=O) groups is 1. The lowest BCUT2D eigenvalue weighted by Gasteiger charge is -2.23. The Morgan fingerprint density at radius 2 is 2.18 bits per heavy atom. The van der Waals surface area contributed by atoms with E-state index in [2.05, 4.69) is 15.3 Å². The van der Waals surface area contributed by atoms with Crippen LogP contribution in [0.4, 0.5) is 5.82 Å². The highest BCUT2D eigenvalue weighted by molar-refractivity contribution is 6.32. The molecule has 1 aliphatic carbocycles. The van der Waals surface area contributed by atoms with Crippen molar-refractivity contribution in [1.82, 2.24) is 9.97 Å². The number of nitrogens with one attached hydrogen (secondary N) is 1. The number of nitrogens with zero attached hydrogens (tertiary/aromatic N) is 2. The maximum absolute atomic E-state index is 10.9. The summed E-state index contributed by atoms with van der Waals surface area (Å²) >= 11 is 5.77. The normalized spacial score (nSPS) is 18.0. The largest absolute Gasteiger partial charge is 0.388 e. The lowest BCUT2D eigenvalue weighted by Crippen LogP contribution is -2.34. The first kappa shape index (κ1) is 12.3. The van der Waals surface area contributed by atoms with Crippen molar-refractivity contribution in [1.29, 1.82) is 0 Å². The third-order valence-electron chi connectivity index (χ3n) is 3.07. The van der Waals surface area contributed by atoms with Gasteiger partial charge in [0.1, 0.15) is 17.3 Å². The van der Waals surface area contributed by atoms with Crippen LogP contribution in [0.1, 0.15) is 36.0 Å². The molecule has 0 amide bonds. The van der Waals surface area contributed by atoms with Gasteiger partial charge in [-0.25, -0.2) is 9.97 Å². The van der Waals surface area contributed by atoms with Gasteiger partial charge in [0.15, 0.2) is 6.29 Å². The Morgan fingerprint density at radius 1 is 1.47 bits per heavy atom. The molecule has 0 spiro atoms. The molecule has 1 aromatic rings. The quantitative estimate of drug-likeness (QED) is 0.632. The Hall–Kier alpha value is -1.20. The van der Waals surface area contributed by atoms with Crippen LogP contribution < -0.4 is 5.32 Å². The Labute approximate surface area is 104 Å². The first-order valence-electron chi connectivity index (χ1n) is 5.56. The van der Waals surface area contributed by atoms with Crippen LogP contribution in [-0.2, 0) is 0 Å². The molecule has 1 saturated carbocycles. The van der Waals surface area contributed by atoms with E-state index in [1.807, 2.05) is 0 Å². The van der Waals surface area contributed by atoms with Crippen LogP contribution in [0.15, 0.2) is 6.33 Å². The van der Waals surface area contributed by atoms with Gasteiger partial charge in [-0.15, -0.1) is 0 Å². The molecule has 1 aromatic heterocycles. The molecular formula is C11H14ClN3O2. The predicted octanol–water partition coefficient (Wildman–Crippen LogP) is 1.66. The summed E-state index contributed by atoms with van der Waals surface area (Å²) in [6.45, 7) is 0.376. The molecule has 0 atom stereocenters. The van der Waals surface area contributed by atoms with Crippen LogP contribution >= 0.6 is 11.6 Å². The molecule has 1 fully saturated rings. The number of halogens is 1. The molecule has 2 N–H and O–H groups in total. The fourth-order valence-electron chi connectivity index (χ4n) is 2.08. The molecule has 0 aliphatic heterocycles. The summed E-state index contributed by atoms with van der Waals surface area (Å²) in [5.74, 6) is 0.375. The minimum absolute atomic E-state index is 0.121. The first-order valence-corrected chi connectivity index (χ1v) is 5.94. The van der Waals surface area contributed by atoms with Crippen molar-refractivity contribution < 1.29 is 9.90 Å². The van der Waals surface area contributed by atoms with E-state index in [0.29, 0.717) is 18.6 Å². The summed E-state index contributed by atoms with van der Waals surface area (Å²) in [7, 11) is 0. The van der Waals surface area contributed by atoms with Gasteiger partial charge in [0.05, 0.1) is 11.2 Å². The number of aliphatic hydroxyl groups is 1. The van der Waals surface area contributed by atoms with Gasteiger partial charge in [0, 0.05) is 6.54 Å². The van der Waals surface area contributed by atoms with E-state index in [0.717, 1.165) is 25.7 Å². The summed E-state index contributed by atoms with van der Waals surface area (Å²) in [5, 5.41) is 13.3. The zero-order valence-electron chi connectivity index (χ0n) is 9.32. The standard InChI is InChI=1S/C11H14ClN3O2/c12-9-8(5-16)10(15-7-14-9)13-6-11(17)3-1-2-4-11/h5,7,17H,1-4,6H2,(H,13,14,15). The summed E-state index contributed by atoms with van der Waals surface area (Å²) in [6, 6.07) is 0. The third-order valence-corrected chi connectivity index (χ3v) is 3.37. The molecule has 0 unspecified atom stereocenters. The van der Waals surface area contributed by atoms with Crippen molar-refractivity contribution >= 4 is 23.7 Å². The number of aldehydes is 1. The number of aromatic nitrogens is 2. The van der Waals surface area contributed by atoms with Gasteiger partial charge in [-0.1, -0.05) is 24.4 Å². The fraction of sp³-hybridized carbons (Fsp3) is 0.545. The Balaban J connectivity index is 2.08. The molecule has 17 heavy (non-hydrogen) atoms. The van der Waals surface area contributed by atoms with Gasteiger partial charge < -0.3 is 10.4 Å². The number of rotatable bonds is 4. The van der Waals surface area contributed by atoms with Crippen molar-refractivity contribution in [3.63, 3.8) is 0 Å². The molecule has 1 aliphatic rings. The van der Waals surface area contributed by atoms with Crippen LogP contribution in [0, 0.1) is 0 Å². The zero-order valence-corrected chi connectivity index (χ0v) is 10.1. The summed E-state index contributed by atoms with van der Waals surface area (Å²) in [5.41, 5.74) is -0.465. The van der Waals surface area contributed by atoms with Crippen LogP contribution in [0.25, 0.3) is 0 Å². The van der Waals surface area contributed by atoms with Gasteiger partial charge in [0.2, 0.25) is 0 Å². The second-order valence-corrected chi connectivity index (χ2v) is 4.69.